The molecule has 1 saturated heterocycles. The summed E-state index contributed by atoms with van der Waals surface area (Å²) < 4.78 is 0. The molecule has 6 nitrogen and oxygen atoms in total. The third kappa shape index (κ3) is 3.15. The zero-order chi connectivity index (χ0) is 13.8. The van der Waals surface area contributed by atoms with Gasteiger partial charge in [-0.05, 0) is 37.5 Å². The van der Waals surface area contributed by atoms with Gasteiger partial charge in [-0.2, -0.15) is 0 Å². The highest BCUT2D eigenvalue weighted by Gasteiger charge is 2.17. The summed E-state index contributed by atoms with van der Waals surface area (Å²) in [7, 11) is 0. The van der Waals surface area contributed by atoms with E-state index in [9.17, 15) is 9.59 Å². The number of rotatable bonds is 2. The summed E-state index contributed by atoms with van der Waals surface area (Å²) in [6, 6.07) is 4.09. The number of nitrogens with two attached hydrogens (primary N) is 1. The minimum atomic E-state index is -1.04. The summed E-state index contributed by atoms with van der Waals surface area (Å²) in [5.41, 5.74) is 6.55. The molecule has 0 saturated carbocycles. The SMILES string of the molecule is Nc1cc(C(=O)O)ccc1NC(=O)N1CCCCC1. The van der Waals surface area contributed by atoms with Crippen LogP contribution in [0.25, 0.3) is 0 Å². The maximum Gasteiger partial charge on any atom is 0.335 e. The molecule has 1 fully saturated rings. The number of carbonyl (C=O) groups is 2. The van der Waals surface area contributed by atoms with E-state index in [-0.39, 0.29) is 17.3 Å². The third-order valence-electron chi connectivity index (χ3n) is 3.18. The van der Waals surface area contributed by atoms with Gasteiger partial charge in [0.15, 0.2) is 0 Å². The maximum absolute atomic E-state index is 12.0. The fourth-order valence-electron chi connectivity index (χ4n) is 2.10. The number of carboxylic acids is 1. The molecule has 0 aromatic heterocycles. The molecule has 1 heterocycles. The number of carbonyl (C=O) groups excluding carboxylic acids is 1. The standard InChI is InChI=1S/C13H17N3O3/c14-10-8-9(12(17)18)4-5-11(10)15-13(19)16-6-2-1-3-7-16/h4-5,8H,1-3,6-7,14H2,(H,15,19)(H,17,18). The molecule has 4 N–H and O–H groups in total. The number of aromatic carboxylic acids is 1. The van der Waals surface area contributed by atoms with Gasteiger partial charge in [-0.3, -0.25) is 0 Å². The molecule has 0 atom stereocenters. The Morgan fingerprint density at radius 1 is 1.21 bits per heavy atom. The Morgan fingerprint density at radius 3 is 2.47 bits per heavy atom. The van der Waals surface area contributed by atoms with Crippen molar-refractivity contribution in [3.63, 3.8) is 0 Å². The van der Waals surface area contributed by atoms with Crippen LogP contribution in [0.1, 0.15) is 29.6 Å². The van der Waals surface area contributed by atoms with Gasteiger partial charge < -0.3 is 21.1 Å². The van der Waals surface area contributed by atoms with Gasteiger partial charge in [0.25, 0.3) is 0 Å². The number of benzene rings is 1. The van der Waals surface area contributed by atoms with Crippen molar-refractivity contribution in [2.45, 2.75) is 19.3 Å². The van der Waals surface area contributed by atoms with Crippen molar-refractivity contribution >= 4 is 23.4 Å². The van der Waals surface area contributed by atoms with Crippen LogP contribution in [0.2, 0.25) is 0 Å². The Hall–Kier alpha value is -2.24. The lowest BCUT2D eigenvalue weighted by molar-refractivity contribution is 0.0697. The second kappa shape index (κ2) is 5.60. The number of piperidine rings is 1. The molecule has 0 spiro atoms. The number of hydrogen-bond acceptors (Lipinski definition) is 3. The van der Waals surface area contributed by atoms with E-state index in [2.05, 4.69) is 5.32 Å². The monoisotopic (exact) mass is 263 g/mol. The highest BCUT2D eigenvalue weighted by atomic mass is 16.4. The molecule has 0 bridgehead atoms. The van der Waals surface area contributed by atoms with Crippen LogP contribution in [0, 0.1) is 0 Å². The first-order valence-corrected chi connectivity index (χ1v) is 6.26. The first-order chi connectivity index (χ1) is 9.08. The molecule has 0 unspecified atom stereocenters. The minimum Gasteiger partial charge on any atom is -0.478 e. The molecular weight excluding hydrogens is 246 g/mol. The van der Waals surface area contributed by atoms with Gasteiger partial charge >= 0.3 is 12.0 Å². The van der Waals surface area contributed by atoms with Crippen LogP contribution in [0.15, 0.2) is 18.2 Å². The lowest BCUT2D eigenvalue weighted by Gasteiger charge is -2.27. The second-order valence-corrected chi connectivity index (χ2v) is 4.59. The molecule has 0 radical (unpaired) electrons. The van der Waals surface area contributed by atoms with Gasteiger partial charge in [-0.25, -0.2) is 9.59 Å². The van der Waals surface area contributed by atoms with Crippen LogP contribution in [-0.2, 0) is 0 Å². The van der Waals surface area contributed by atoms with E-state index in [4.69, 9.17) is 10.8 Å². The molecule has 1 aliphatic rings. The first-order valence-electron chi connectivity index (χ1n) is 6.26. The normalized spacial score (nSPS) is 15.1. The second-order valence-electron chi connectivity index (χ2n) is 4.59. The average Bonchev–Trinajstić information content (AvgIpc) is 2.41. The van der Waals surface area contributed by atoms with Gasteiger partial charge in [0.1, 0.15) is 0 Å². The number of nitrogen functional groups attached to an aromatic ring is 1. The van der Waals surface area contributed by atoms with Crippen molar-refractivity contribution in [2.24, 2.45) is 0 Å². The van der Waals surface area contributed by atoms with Crippen molar-refractivity contribution in [1.29, 1.82) is 0 Å². The number of anilines is 2. The van der Waals surface area contributed by atoms with E-state index >= 15 is 0 Å². The number of likely N-dealkylation sites (tertiary alicyclic amines) is 1. The van der Waals surface area contributed by atoms with Crippen LogP contribution < -0.4 is 11.1 Å². The number of hydrogen-bond donors (Lipinski definition) is 3. The summed E-state index contributed by atoms with van der Waals surface area (Å²) in [4.78, 5) is 24.5. The maximum atomic E-state index is 12.0. The zero-order valence-electron chi connectivity index (χ0n) is 10.6. The Bertz CT molecular complexity index is 496. The average molecular weight is 263 g/mol. The van der Waals surface area contributed by atoms with Crippen molar-refractivity contribution < 1.29 is 14.7 Å². The zero-order valence-corrected chi connectivity index (χ0v) is 10.6. The summed E-state index contributed by atoms with van der Waals surface area (Å²) in [6.07, 6.45) is 3.18. The lowest BCUT2D eigenvalue weighted by atomic mass is 10.1. The van der Waals surface area contributed by atoms with Gasteiger partial charge in [0.2, 0.25) is 0 Å². The van der Waals surface area contributed by atoms with Crippen molar-refractivity contribution in [1.82, 2.24) is 4.90 Å². The fraction of sp³-hybridized carbons (Fsp3) is 0.385. The summed E-state index contributed by atoms with van der Waals surface area (Å²) in [5, 5.41) is 11.5. The highest BCUT2D eigenvalue weighted by Crippen LogP contribution is 2.21. The number of amides is 2. The van der Waals surface area contributed by atoms with E-state index in [1.54, 1.807) is 4.90 Å². The topological polar surface area (TPSA) is 95.7 Å². The molecule has 1 aromatic carbocycles. The predicted molar refractivity (Wildman–Crippen MR) is 72.3 cm³/mol. The molecule has 1 aliphatic heterocycles. The highest BCUT2D eigenvalue weighted by molar-refractivity contribution is 5.95. The van der Waals surface area contributed by atoms with E-state index < -0.39 is 5.97 Å². The smallest absolute Gasteiger partial charge is 0.335 e. The Morgan fingerprint density at radius 2 is 1.89 bits per heavy atom. The molecule has 1 aromatic rings. The number of nitrogens with zero attached hydrogens (tertiary/aromatic N) is 1. The Balaban J connectivity index is 2.06. The van der Waals surface area contributed by atoms with E-state index in [1.807, 2.05) is 0 Å². The third-order valence-corrected chi connectivity index (χ3v) is 3.18. The Kier molecular flexibility index (Phi) is 3.89. The van der Waals surface area contributed by atoms with Crippen LogP contribution in [-0.4, -0.2) is 35.1 Å². The Labute approximate surface area is 111 Å². The van der Waals surface area contributed by atoms with Gasteiger partial charge in [-0.1, -0.05) is 0 Å². The number of urea groups is 1. The molecular formula is C13H17N3O3. The summed E-state index contributed by atoms with van der Waals surface area (Å²) in [5.74, 6) is -1.04. The van der Waals surface area contributed by atoms with Crippen LogP contribution in [0.4, 0.5) is 16.2 Å². The largest absolute Gasteiger partial charge is 0.478 e. The molecule has 6 heteroatoms. The quantitative estimate of drug-likeness (QED) is 0.711. The number of nitrogens with one attached hydrogen (secondary N) is 1. The van der Waals surface area contributed by atoms with Crippen LogP contribution in [0.3, 0.4) is 0 Å². The lowest BCUT2D eigenvalue weighted by Crippen LogP contribution is -2.38. The van der Waals surface area contributed by atoms with E-state index in [0.717, 1.165) is 32.4 Å². The van der Waals surface area contributed by atoms with Crippen molar-refractivity contribution in [3.8, 4) is 0 Å². The molecule has 2 rings (SSSR count). The van der Waals surface area contributed by atoms with E-state index in [0.29, 0.717) is 5.69 Å². The fourth-order valence-corrected chi connectivity index (χ4v) is 2.10. The minimum absolute atomic E-state index is 0.105. The molecule has 2 amide bonds. The van der Waals surface area contributed by atoms with E-state index in [1.165, 1.54) is 18.2 Å². The van der Waals surface area contributed by atoms with Gasteiger partial charge in [-0.15, -0.1) is 0 Å². The predicted octanol–water partition coefficient (Wildman–Crippen LogP) is 1.98. The van der Waals surface area contributed by atoms with Crippen molar-refractivity contribution in [2.75, 3.05) is 24.1 Å². The van der Waals surface area contributed by atoms with Crippen LogP contribution >= 0.6 is 0 Å². The first kappa shape index (κ1) is 13.2. The molecule has 102 valence electrons. The van der Waals surface area contributed by atoms with Crippen LogP contribution in [0.5, 0.6) is 0 Å². The summed E-state index contributed by atoms with van der Waals surface area (Å²) in [6.45, 7) is 1.50. The summed E-state index contributed by atoms with van der Waals surface area (Å²) >= 11 is 0. The van der Waals surface area contributed by atoms with Gasteiger partial charge in [0, 0.05) is 13.1 Å². The van der Waals surface area contributed by atoms with Gasteiger partial charge in [0.05, 0.1) is 16.9 Å². The molecule has 0 aliphatic carbocycles. The molecule has 19 heavy (non-hydrogen) atoms. The van der Waals surface area contributed by atoms with Crippen molar-refractivity contribution in [3.05, 3.63) is 23.8 Å². The number of carboxylic acid groups (broad SMARTS) is 1.